The Hall–Kier alpha value is 1.86. The Morgan fingerprint density at radius 3 is 0.548 bits per heavy atom. The molecule has 3 aliphatic carbocycles. The van der Waals surface area contributed by atoms with Crippen molar-refractivity contribution < 1.29 is 28.4 Å². The van der Waals surface area contributed by atoms with Gasteiger partial charge in [0.15, 0.2) is 0 Å². The van der Waals surface area contributed by atoms with Crippen LogP contribution in [-0.4, -0.2) is 114 Å². The summed E-state index contributed by atoms with van der Waals surface area (Å²) < 4.78 is 36.5. The Morgan fingerprint density at radius 1 is 0.286 bits per heavy atom. The number of hydrogen-bond donors (Lipinski definition) is 0. The average Bonchev–Trinajstić information content (AvgIpc) is 3.02. The molecule has 4 heterocycles. The monoisotopic (exact) mass is 702 g/mol. The highest BCUT2D eigenvalue weighted by molar-refractivity contribution is 8.77. The first kappa shape index (κ1) is 36.7. The quantitative estimate of drug-likeness (QED) is 0.261. The maximum Gasteiger partial charge on any atom is 0.0612 e. The molecular weight excluding hydrogens is 649 g/mol. The van der Waals surface area contributed by atoms with Gasteiger partial charge in [0.05, 0.1) is 36.6 Å². The summed E-state index contributed by atoms with van der Waals surface area (Å²) in [6, 6.07) is 0. The van der Waals surface area contributed by atoms with Gasteiger partial charge in [-0.05, 0) is 74.0 Å². The molecule has 42 heavy (non-hydrogen) atoms. The normalized spacial score (nSPS) is 43.3. The second kappa shape index (κ2) is 19.6. The molecular formula is C30H54O6S6. The Balaban J connectivity index is 1.45. The third-order valence-electron chi connectivity index (χ3n) is 10.1. The van der Waals surface area contributed by atoms with Crippen LogP contribution < -0.4 is 0 Å². The molecule has 246 valence electrons. The molecule has 0 aromatic heterocycles. The number of fused-ring (bicyclic) bond motifs is 2. The van der Waals surface area contributed by atoms with Gasteiger partial charge in [-0.2, -0.15) is 0 Å². The van der Waals surface area contributed by atoms with Gasteiger partial charge in [0, 0.05) is 77.2 Å². The fourth-order valence-electron chi connectivity index (χ4n) is 7.45. The SMILES string of the molecule is COC1C[C@@H]2CSSC[C@H]3C[C@@H](OC)[C@@H](CSSC[C@H]4CC(OC)[C@@H](CSSC[C@H]1C[C@H]2OC)C[C@H]4OC)CC3OC. The number of hydrogen-bond acceptors (Lipinski definition) is 12. The Bertz CT molecular complexity index is 602. The molecule has 0 aromatic carbocycles. The zero-order valence-corrected chi connectivity index (χ0v) is 31.2. The van der Waals surface area contributed by atoms with E-state index in [1.807, 2.05) is 107 Å². The summed E-state index contributed by atoms with van der Waals surface area (Å²) in [5.41, 5.74) is 0. The number of ether oxygens (including phenoxy) is 6. The van der Waals surface area contributed by atoms with Gasteiger partial charge in [0.1, 0.15) is 0 Å². The van der Waals surface area contributed by atoms with Crippen molar-refractivity contribution in [3.05, 3.63) is 0 Å². The van der Waals surface area contributed by atoms with Crippen LogP contribution in [0.25, 0.3) is 0 Å². The molecule has 4 saturated heterocycles. The second-order valence-electron chi connectivity index (χ2n) is 12.3. The predicted molar refractivity (Wildman–Crippen MR) is 188 cm³/mol. The van der Waals surface area contributed by atoms with Crippen LogP contribution >= 0.6 is 64.8 Å². The van der Waals surface area contributed by atoms with Crippen molar-refractivity contribution in [1.82, 2.24) is 0 Å². The highest BCUT2D eigenvalue weighted by Gasteiger charge is 2.41. The van der Waals surface area contributed by atoms with Crippen LogP contribution in [0.4, 0.5) is 0 Å². The minimum atomic E-state index is 0.302. The van der Waals surface area contributed by atoms with Gasteiger partial charge in [-0.25, -0.2) is 0 Å². The molecule has 0 amide bonds. The molecule has 0 aromatic rings. The van der Waals surface area contributed by atoms with Gasteiger partial charge in [-0.15, -0.1) is 0 Å². The standard InChI is InChI=1S/C30H54O6S6/c1-31-25-7-20-14-38-40-16-22-10-30(36-6)24(12-29(22)35-5)18-42-41-17-23-11-27(33-3)21(9-28(23)34-4)15-39-37-13-19(25)8-26(20)32-2/h19-30H,7-18H2,1-6H3/t19-,20-,21-,22-,23-,24-,25-,26?,27-,28?,29-,30?/m1/s1. The fraction of sp³-hybridized carbons (Fsp3) is 1.00. The van der Waals surface area contributed by atoms with Crippen molar-refractivity contribution in [2.45, 2.75) is 75.1 Å². The molecule has 6 nitrogen and oxygen atoms in total. The molecule has 0 spiro atoms. The Kier molecular flexibility index (Phi) is 17.1. The molecule has 3 unspecified atom stereocenters. The second-order valence-corrected chi connectivity index (χ2v) is 20.0. The van der Waals surface area contributed by atoms with E-state index in [1.54, 1.807) is 0 Å². The summed E-state index contributed by atoms with van der Waals surface area (Å²) in [5, 5.41) is 0. The van der Waals surface area contributed by atoms with Gasteiger partial charge >= 0.3 is 0 Å². The van der Waals surface area contributed by atoms with Crippen molar-refractivity contribution in [2.24, 2.45) is 35.5 Å². The van der Waals surface area contributed by atoms with Crippen molar-refractivity contribution in [2.75, 3.05) is 77.2 Å². The number of rotatable bonds is 6. The highest BCUT2D eigenvalue weighted by Crippen LogP contribution is 2.45. The molecule has 7 fully saturated rings. The molecule has 4 aliphatic heterocycles. The van der Waals surface area contributed by atoms with Crippen molar-refractivity contribution >= 4 is 64.8 Å². The van der Waals surface area contributed by atoms with E-state index < -0.39 is 0 Å². The summed E-state index contributed by atoms with van der Waals surface area (Å²) >= 11 is 0. The molecule has 7 aliphatic rings. The fourth-order valence-corrected chi connectivity index (χ4v) is 16.1. The van der Waals surface area contributed by atoms with Gasteiger partial charge < -0.3 is 28.4 Å². The zero-order chi connectivity index (χ0) is 29.9. The van der Waals surface area contributed by atoms with Crippen LogP contribution in [0.3, 0.4) is 0 Å². The van der Waals surface area contributed by atoms with E-state index in [0.717, 1.165) is 73.0 Å². The summed E-state index contributed by atoms with van der Waals surface area (Å²) in [6.45, 7) is 0. The largest absolute Gasteiger partial charge is 0.381 e. The highest BCUT2D eigenvalue weighted by atomic mass is 33.1. The van der Waals surface area contributed by atoms with E-state index in [4.69, 9.17) is 28.4 Å². The van der Waals surface area contributed by atoms with Crippen LogP contribution in [0.1, 0.15) is 38.5 Å². The molecule has 0 N–H and O–H groups in total. The van der Waals surface area contributed by atoms with Crippen LogP contribution in [0, 0.1) is 35.5 Å². The third kappa shape index (κ3) is 10.2. The van der Waals surface area contributed by atoms with Crippen molar-refractivity contribution in [1.29, 1.82) is 0 Å². The first-order valence-electron chi connectivity index (χ1n) is 15.4. The smallest absolute Gasteiger partial charge is 0.0612 e. The summed E-state index contributed by atoms with van der Waals surface area (Å²) in [7, 11) is 23.5. The summed E-state index contributed by atoms with van der Waals surface area (Å²) in [4.78, 5) is 0. The van der Waals surface area contributed by atoms with Crippen molar-refractivity contribution in [3.63, 3.8) is 0 Å². The van der Waals surface area contributed by atoms with Gasteiger partial charge in [0.25, 0.3) is 0 Å². The van der Waals surface area contributed by atoms with E-state index >= 15 is 0 Å². The van der Waals surface area contributed by atoms with Crippen LogP contribution in [0.15, 0.2) is 0 Å². The average molecular weight is 703 g/mol. The maximum atomic E-state index is 6.08. The van der Waals surface area contributed by atoms with Crippen LogP contribution in [0.2, 0.25) is 0 Å². The molecule has 0 radical (unpaired) electrons. The molecule has 3 saturated carbocycles. The minimum absolute atomic E-state index is 0.302. The lowest BCUT2D eigenvalue weighted by Gasteiger charge is -2.41. The maximum absolute atomic E-state index is 6.08. The summed E-state index contributed by atoms with van der Waals surface area (Å²) in [6.07, 6.45) is 8.30. The molecule has 7 rings (SSSR count). The van der Waals surface area contributed by atoms with Crippen molar-refractivity contribution in [3.8, 4) is 0 Å². The minimum Gasteiger partial charge on any atom is -0.381 e. The third-order valence-corrected chi connectivity index (χ3v) is 18.0. The van der Waals surface area contributed by atoms with E-state index in [-0.39, 0.29) is 0 Å². The lowest BCUT2D eigenvalue weighted by atomic mass is 9.79. The Morgan fingerprint density at radius 2 is 0.429 bits per heavy atom. The van der Waals surface area contributed by atoms with E-state index in [1.165, 1.54) is 0 Å². The van der Waals surface area contributed by atoms with E-state index in [9.17, 15) is 0 Å². The van der Waals surface area contributed by atoms with Crippen LogP contribution in [-0.2, 0) is 28.4 Å². The van der Waals surface area contributed by atoms with Gasteiger partial charge in [-0.1, -0.05) is 64.8 Å². The predicted octanol–water partition coefficient (Wildman–Crippen LogP) is 7.31. The zero-order valence-electron chi connectivity index (χ0n) is 26.3. The van der Waals surface area contributed by atoms with E-state index in [2.05, 4.69) is 0 Å². The van der Waals surface area contributed by atoms with Gasteiger partial charge in [0.2, 0.25) is 0 Å². The molecule has 6 bridgehead atoms. The lowest BCUT2D eigenvalue weighted by molar-refractivity contribution is -0.0552. The lowest BCUT2D eigenvalue weighted by Crippen LogP contribution is -2.43. The molecule has 12 heteroatoms. The summed E-state index contributed by atoms with van der Waals surface area (Å²) in [5.74, 6) is 9.77. The van der Waals surface area contributed by atoms with Gasteiger partial charge in [-0.3, -0.25) is 0 Å². The molecule has 12 atom stereocenters. The topological polar surface area (TPSA) is 55.4 Å². The number of methoxy groups -OCH3 is 6. The first-order chi connectivity index (χ1) is 20.5. The Labute approximate surface area is 279 Å². The first-order valence-corrected chi connectivity index (χ1v) is 22.9. The van der Waals surface area contributed by atoms with E-state index in [0.29, 0.717) is 72.1 Å². The van der Waals surface area contributed by atoms with Crippen LogP contribution in [0.5, 0.6) is 0 Å².